The average Bonchev–Trinajstić information content (AvgIpc) is 2.82. The van der Waals surface area contributed by atoms with Gasteiger partial charge in [-0.05, 0) is 44.2 Å². The lowest BCUT2D eigenvalue weighted by Gasteiger charge is -2.12. The molecule has 0 radical (unpaired) electrons. The summed E-state index contributed by atoms with van der Waals surface area (Å²) in [6.07, 6.45) is 0.955. The molecule has 3 N–H and O–H groups in total. The third-order valence-corrected chi connectivity index (χ3v) is 2.94. The van der Waals surface area contributed by atoms with E-state index in [2.05, 4.69) is 16.0 Å². The summed E-state index contributed by atoms with van der Waals surface area (Å²) in [7, 11) is 0. The number of anilines is 1. The van der Waals surface area contributed by atoms with Crippen LogP contribution in [0.2, 0.25) is 0 Å². The number of carbonyl (C=O) groups excluding carboxylic acids is 2. The van der Waals surface area contributed by atoms with Crippen LogP contribution in [0.1, 0.15) is 23.7 Å². The summed E-state index contributed by atoms with van der Waals surface area (Å²) in [5.74, 6) is 0.0167. The molecular weight excluding hydrogens is 266 g/mol. The van der Waals surface area contributed by atoms with Gasteiger partial charge in [-0.15, -0.1) is 12.4 Å². The highest BCUT2D eigenvalue weighted by Gasteiger charge is 2.16. The number of hydrogen-bond acceptors (Lipinski definition) is 3. The number of Topliss-reactive ketones (excluding diaryl/α,β-unsaturated/α-hetero) is 1. The van der Waals surface area contributed by atoms with Gasteiger partial charge < -0.3 is 16.0 Å². The zero-order chi connectivity index (χ0) is 13.0. The molecule has 1 heterocycles. The quantitative estimate of drug-likeness (QED) is 0.741. The summed E-state index contributed by atoms with van der Waals surface area (Å²) < 4.78 is 0. The molecule has 1 aromatic carbocycles. The van der Waals surface area contributed by atoms with Crippen molar-refractivity contribution in [2.24, 2.45) is 0 Å². The standard InChI is InChI=1S/C13H17N3O2.ClH/c1-9(17)10-2-4-11(5-3-10)15-13(18)16-12-6-7-14-8-12;/h2-5,12,14H,6-8H2,1H3,(H2,15,16,18);1H. The Morgan fingerprint density at radius 2 is 1.95 bits per heavy atom. The highest BCUT2D eigenvalue weighted by atomic mass is 35.5. The van der Waals surface area contributed by atoms with E-state index in [0.717, 1.165) is 19.5 Å². The molecule has 2 rings (SSSR count). The number of benzene rings is 1. The summed E-state index contributed by atoms with van der Waals surface area (Å²) in [6, 6.07) is 6.84. The molecule has 5 nitrogen and oxygen atoms in total. The zero-order valence-electron chi connectivity index (χ0n) is 10.7. The minimum absolute atomic E-state index is 0. The second-order valence-electron chi connectivity index (χ2n) is 4.42. The van der Waals surface area contributed by atoms with E-state index >= 15 is 0 Å². The largest absolute Gasteiger partial charge is 0.334 e. The van der Waals surface area contributed by atoms with E-state index in [1.54, 1.807) is 24.3 Å². The summed E-state index contributed by atoms with van der Waals surface area (Å²) in [4.78, 5) is 22.8. The predicted molar refractivity (Wildman–Crippen MR) is 77.1 cm³/mol. The number of urea groups is 1. The minimum Gasteiger partial charge on any atom is -0.334 e. The van der Waals surface area contributed by atoms with Gasteiger partial charge in [0.1, 0.15) is 0 Å². The first-order valence-electron chi connectivity index (χ1n) is 6.04. The number of rotatable bonds is 3. The number of nitrogens with one attached hydrogen (secondary N) is 3. The molecular formula is C13H18ClN3O2. The molecule has 0 aromatic heterocycles. The second kappa shape index (κ2) is 7.11. The molecule has 104 valence electrons. The third kappa shape index (κ3) is 4.54. The topological polar surface area (TPSA) is 70.2 Å². The molecule has 1 saturated heterocycles. The van der Waals surface area contributed by atoms with Crippen LogP contribution in [0.15, 0.2) is 24.3 Å². The Hall–Kier alpha value is -1.59. The lowest BCUT2D eigenvalue weighted by molar-refractivity contribution is 0.101. The van der Waals surface area contributed by atoms with Crippen LogP contribution in [0.3, 0.4) is 0 Å². The Balaban J connectivity index is 0.00000180. The molecule has 0 aliphatic carbocycles. The lowest BCUT2D eigenvalue weighted by atomic mass is 10.1. The number of ketones is 1. The molecule has 1 aliphatic heterocycles. The minimum atomic E-state index is -0.209. The summed E-state index contributed by atoms with van der Waals surface area (Å²) in [5, 5.41) is 8.81. The SMILES string of the molecule is CC(=O)c1ccc(NC(=O)NC2CCNC2)cc1.Cl. The number of amides is 2. The highest BCUT2D eigenvalue weighted by Crippen LogP contribution is 2.10. The fourth-order valence-corrected chi connectivity index (χ4v) is 1.92. The van der Waals surface area contributed by atoms with Gasteiger partial charge in [0.25, 0.3) is 0 Å². The monoisotopic (exact) mass is 283 g/mol. The van der Waals surface area contributed by atoms with Gasteiger partial charge in [0.05, 0.1) is 0 Å². The van der Waals surface area contributed by atoms with E-state index in [4.69, 9.17) is 0 Å². The van der Waals surface area contributed by atoms with Crippen molar-refractivity contribution in [3.05, 3.63) is 29.8 Å². The fraction of sp³-hybridized carbons (Fsp3) is 0.385. The molecule has 0 spiro atoms. The van der Waals surface area contributed by atoms with Crippen LogP contribution in [-0.2, 0) is 0 Å². The molecule has 1 atom stereocenters. The Labute approximate surface area is 118 Å². The maximum absolute atomic E-state index is 11.7. The van der Waals surface area contributed by atoms with E-state index in [-0.39, 0.29) is 30.3 Å². The predicted octanol–water partition coefficient (Wildman–Crippen LogP) is 1.79. The van der Waals surface area contributed by atoms with Gasteiger partial charge in [0.2, 0.25) is 0 Å². The molecule has 1 fully saturated rings. The first kappa shape index (κ1) is 15.5. The smallest absolute Gasteiger partial charge is 0.319 e. The van der Waals surface area contributed by atoms with Crippen LogP contribution in [0.4, 0.5) is 10.5 Å². The summed E-state index contributed by atoms with van der Waals surface area (Å²) >= 11 is 0. The first-order valence-corrected chi connectivity index (χ1v) is 6.04. The van der Waals surface area contributed by atoms with E-state index < -0.39 is 0 Å². The van der Waals surface area contributed by atoms with E-state index in [1.165, 1.54) is 6.92 Å². The second-order valence-corrected chi connectivity index (χ2v) is 4.42. The third-order valence-electron chi connectivity index (χ3n) is 2.94. The van der Waals surface area contributed by atoms with Crippen LogP contribution in [0.25, 0.3) is 0 Å². The van der Waals surface area contributed by atoms with Crippen molar-refractivity contribution in [3.8, 4) is 0 Å². The molecule has 2 amide bonds. The van der Waals surface area contributed by atoms with Gasteiger partial charge in [-0.2, -0.15) is 0 Å². The van der Waals surface area contributed by atoms with Crippen molar-refractivity contribution in [2.45, 2.75) is 19.4 Å². The van der Waals surface area contributed by atoms with Crippen molar-refractivity contribution in [2.75, 3.05) is 18.4 Å². The summed E-state index contributed by atoms with van der Waals surface area (Å²) in [6.45, 7) is 3.27. The first-order chi connectivity index (χ1) is 8.65. The van der Waals surface area contributed by atoms with E-state index in [9.17, 15) is 9.59 Å². The van der Waals surface area contributed by atoms with Gasteiger partial charge >= 0.3 is 6.03 Å². The normalized spacial score (nSPS) is 17.4. The van der Waals surface area contributed by atoms with Crippen molar-refractivity contribution in [3.63, 3.8) is 0 Å². The van der Waals surface area contributed by atoms with Crippen LogP contribution < -0.4 is 16.0 Å². The Kier molecular flexibility index (Phi) is 5.79. The van der Waals surface area contributed by atoms with Crippen molar-refractivity contribution >= 4 is 29.9 Å². The average molecular weight is 284 g/mol. The van der Waals surface area contributed by atoms with Crippen molar-refractivity contribution in [1.82, 2.24) is 10.6 Å². The lowest BCUT2D eigenvalue weighted by Crippen LogP contribution is -2.39. The van der Waals surface area contributed by atoms with Crippen LogP contribution in [0.5, 0.6) is 0 Å². The van der Waals surface area contributed by atoms with Gasteiger partial charge in [0.15, 0.2) is 5.78 Å². The van der Waals surface area contributed by atoms with Gasteiger partial charge in [0, 0.05) is 23.8 Å². The molecule has 0 bridgehead atoms. The molecule has 1 aliphatic rings. The molecule has 0 saturated carbocycles. The van der Waals surface area contributed by atoms with Crippen LogP contribution in [0, 0.1) is 0 Å². The summed E-state index contributed by atoms with van der Waals surface area (Å²) in [5.41, 5.74) is 1.32. The number of hydrogen-bond donors (Lipinski definition) is 3. The Morgan fingerprint density at radius 3 is 2.47 bits per heavy atom. The van der Waals surface area contributed by atoms with E-state index in [1.807, 2.05) is 0 Å². The number of carbonyl (C=O) groups is 2. The molecule has 1 aromatic rings. The Bertz CT molecular complexity index is 442. The molecule has 1 unspecified atom stereocenters. The van der Waals surface area contributed by atoms with E-state index in [0.29, 0.717) is 11.3 Å². The van der Waals surface area contributed by atoms with Crippen LogP contribution >= 0.6 is 12.4 Å². The Morgan fingerprint density at radius 1 is 1.26 bits per heavy atom. The molecule has 19 heavy (non-hydrogen) atoms. The maximum Gasteiger partial charge on any atom is 0.319 e. The maximum atomic E-state index is 11.7. The highest BCUT2D eigenvalue weighted by molar-refractivity contribution is 5.95. The van der Waals surface area contributed by atoms with Crippen LogP contribution in [-0.4, -0.2) is 30.9 Å². The van der Waals surface area contributed by atoms with Gasteiger partial charge in [-0.25, -0.2) is 4.79 Å². The van der Waals surface area contributed by atoms with Gasteiger partial charge in [-0.1, -0.05) is 0 Å². The zero-order valence-corrected chi connectivity index (χ0v) is 11.5. The molecule has 6 heteroatoms. The van der Waals surface area contributed by atoms with Crippen molar-refractivity contribution in [1.29, 1.82) is 0 Å². The van der Waals surface area contributed by atoms with Gasteiger partial charge in [-0.3, -0.25) is 4.79 Å². The number of halogens is 1. The van der Waals surface area contributed by atoms with Crippen molar-refractivity contribution < 1.29 is 9.59 Å². The fourth-order valence-electron chi connectivity index (χ4n) is 1.92.